The van der Waals surface area contributed by atoms with Crippen molar-refractivity contribution in [3.63, 3.8) is 0 Å². The molecule has 0 bridgehead atoms. The molecule has 2 aromatic rings. The molecule has 2 heterocycles. The van der Waals surface area contributed by atoms with Crippen LogP contribution in [0.2, 0.25) is 0 Å². The minimum absolute atomic E-state index is 0.261. The zero-order chi connectivity index (χ0) is 12.7. The van der Waals surface area contributed by atoms with Gasteiger partial charge < -0.3 is 0 Å². The van der Waals surface area contributed by atoms with E-state index in [1.807, 2.05) is 0 Å². The maximum absolute atomic E-state index is 14.0. The summed E-state index contributed by atoms with van der Waals surface area (Å²) in [5.74, 6) is -0.816. The van der Waals surface area contributed by atoms with Crippen molar-refractivity contribution in [3.05, 3.63) is 41.5 Å². The smallest absolute Gasteiger partial charge is 0.269 e. The molecule has 0 aliphatic carbocycles. The highest BCUT2D eigenvalue weighted by Gasteiger charge is 2.28. The van der Waals surface area contributed by atoms with Crippen LogP contribution in [-0.2, 0) is 6.42 Å². The molecule has 6 heteroatoms. The van der Waals surface area contributed by atoms with Crippen molar-refractivity contribution in [1.82, 2.24) is 14.6 Å². The number of H-pyrrole nitrogens is 1. The summed E-state index contributed by atoms with van der Waals surface area (Å²) < 4.78 is 15.1. The summed E-state index contributed by atoms with van der Waals surface area (Å²) in [5, 5.41) is 6.40. The van der Waals surface area contributed by atoms with E-state index < -0.39 is 5.82 Å². The molecule has 18 heavy (non-hydrogen) atoms. The fourth-order valence-electron chi connectivity index (χ4n) is 2.18. The van der Waals surface area contributed by atoms with Gasteiger partial charge in [0.1, 0.15) is 5.82 Å². The molecule has 1 N–H and O–H groups in total. The van der Waals surface area contributed by atoms with Crippen molar-refractivity contribution in [2.75, 3.05) is 6.54 Å². The van der Waals surface area contributed by atoms with Crippen LogP contribution in [0.5, 0.6) is 0 Å². The third kappa shape index (κ3) is 1.59. The molecule has 4 nitrogen and oxygen atoms in total. The number of hydrogen-bond donors (Lipinski definition) is 1. The Morgan fingerprint density at radius 1 is 1.39 bits per heavy atom. The minimum atomic E-state index is -0.449. The van der Waals surface area contributed by atoms with Crippen LogP contribution in [0.25, 0.3) is 11.1 Å². The van der Waals surface area contributed by atoms with E-state index in [2.05, 4.69) is 10.2 Å². The summed E-state index contributed by atoms with van der Waals surface area (Å²) in [7, 11) is 0. The molecule has 1 amide bonds. The number of rotatable bonds is 1. The lowest BCUT2D eigenvalue weighted by Crippen LogP contribution is -2.31. The second-order valence-electron chi connectivity index (χ2n) is 4.08. The van der Waals surface area contributed by atoms with Gasteiger partial charge in [-0.15, -0.1) is 0 Å². The number of carbonyl (C=O) groups excluding carboxylic acids is 1. The number of carbonyl (C=O) groups is 1. The van der Waals surface area contributed by atoms with E-state index >= 15 is 0 Å². The summed E-state index contributed by atoms with van der Waals surface area (Å²) in [6.07, 6.45) is 3.66. The maximum atomic E-state index is 14.0. The van der Waals surface area contributed by atoms with Gasteiger partial charge in [-0.3, -0.25) is 14.3 Å². The Balaban J connectivity index is 2.28. The van der Waals surface area contributed by atoms with Crippen LogP contribution in [0.4, 0.5) is 4.39 Å². The van der Waals surface area contributed by atoms with Crippen molar-refractivity contribution >= 4 is 17.7 Å². The van der Waals surface area contributed by atoms with Crippen molar-refractivity contribution in [3.8, 4) is 11.1 Å². The van der Waals surface area contributed by atoms with Gasteiger partial charge in [-0.25, -0.2) is 4.39 Å². The van der Waals surface area contributed by atoms with E-state index in [1.54, 1.807) is 12.3 Å². The minimum Gasteiger partial charge on any atom is -0.285 e. The van der Waals surface area contributed by atoms with E-state index in [0.717, 1.165) is 9.98 Å². The second kappa shape index (κ2) is 4.10. The summed E-state index contributed by atoms with van der Waals surface area (Å²) in [4.78, 5) is 12.1. The summed E-state index contributed by atoms with van der Waals surface area (Å²) in [5.41, 5.74) is 1.95. The van der Waals surface area contributed by atoms with Gasteiger partial charge in [0.15, 0.2) is 0 Å². The predicted octanol–water partition coefficient (Wildman–Crippen LogP) is 2.37. The highest BCUT2D eigenvalue weighted by molar-refractivity contribution is 6.25. The van der Waals surface area contributed by atoms with Gasteiger partial charge in [-0.2, -0.15) is 5.10 Å². The average molecular weight is 266 g/mol. The Morgan fingerprint density at radius 2 is 2.22 bits per heavy atom. The number of halogens is 2. The first-order chi connectivity index (χ1) is 8.68. The van der Waals surface area contributed by atoms with E-state index in [9.17, 15) is 9.18 Å². The molecule has 0 fully saturated rings. The SMILES string of the molecule is O=C1c2c(ccc(F)c2-c2cn[nH]c2)CCN1Cl. The first kappa shape index (κ1) is 11.2. The van der Waals surface area contributed by atoms with Gasteiger partial charge in [0.25, 0.3) is 5.91 Å². The van der Waals surface area contributed by atoms with Crippen molar-refractivity contribution in [2.45, 2.75) is 6.42 Å². The molecule has 0 spiro atoms. The number of nitrogens with zero attached hydrogens (tertiary/aromatic N) is 2. The van der Waals surface area contributed by atoms with E-state index in [4.69, 9.17) is 11.8 Å². The van der Waals surface area contributed by atoms with E-state index in [0.29, 0.717) is 24.1 Å². The van der Waals surface area contributed by atoms with E-state index in [-0.39, 0.29) is 11.5 Å². The summed E-state index contributed by atoms with van der Waals surface area (Å²) >= 11 is 5.82. The van der Waals surface area contributed by atoms with Gasteiger partial charge >= 0.3 is 0 Å². The van der Waals surface area contributed by atoms with Crippen LogP contribution in [0.1, 0.15) is 15.9 Å². The highest BCUT2D eigenvalue weighted by Crippen LogP contribution is 2.32. The topological polar surface area (TPSA) is 49.0 Å². The number of benzene rings is 1. The third-order valence-corrected chi connectivity index (χ3v) is 3.36. The first-order valence-corrected chi connectivity index (χ1v) is 5.80. The van der Waals surface area contributed by atoms with Crippen LogP contribution in [0.15, 0.2) is 24.5 Å². The van der Waals surface area contributed by atoms with Crippen LogP contribution in [0.3, 0.4) is 0 Å². The Kier molecular flexibility index (Phi) is 2.56. The molecular weight excluding hydrogens is 257 g/mol. The van der Waals surface area contributed by atoms with Crippen LogP contribution in [0, 0.1) is 5.82 Å². The summed E-state index contributed by atoms with van der Waals surface area (Å²) in [6, 6.07) is 3.01. The van der Waals surface area contributed by atoms with Gasteiger partial charge in [0, 0.05) is 35.6 Å². The molecule has 0 unspecified atom stereocenters. The molecule has 3 rings (SSSR count). The lowest BCUT2D eigenvalue weighted by Gasteiger charge is -2.24. The van der Waals surface area contributed by atoms with Crippen LogP contribution in [-0.4, -0.2) is 27.1 Å². The van der Waals surface area contributed by atoms with Crippen molar-refractivity contribution < 1.29 is 9.18 Å². The molecule has 92 valence electrons. The lowest BCUT2D eigenvalue weighted by atomic mass is 9.92. The number of amides is 1. The Bertz CT molecular complexity index is 612. The fourth-order valence-corrected chi connectivity index (χ4v) is 2.35. The molecular formula is C12H9ClFN3O. The molecule has 1 aliphatic heterocycles. The average Bonchev–Trinajstić information content (AvgIpc) is 2.88. The molecule has 1 aromatic heterocycles. The maximum Gasteiger partial charge on any atom is 0.269 e. The zero-order valence-electron chi connectivity index (χ0n) is 9.28. The predicted molar refractivity (Wildman–Crippen MR) is 64.6 cm³/mol. The van der Waals surface area contributed by atoms with Crippen LogP contribution < -0.4 is 0 Å². The molecule has 1 aromatic carbocycles. The Labute approximate surface area is 107 Å². The second-order valence-corrected chi connectivity index (χ2v) is 4.49. The van der Waals surface area contributed by atoms with Gasteiger partial charge in [-0.05, 0) is 18.1 Å². The number of hydrogen-bond acceptors (Lipinski definition) is 2. The first-order valence-electron chi connectivity index (χ1n) is 5.46. The molecule has 1 aliphatic rings. The fraction of sp³-hybridized carbons (Fsp3) is 0.167. The molecule has 0 atom stereocenters. The van der Waals surface area contributed by atoms with Gasteiger partial charge in [0.05, 0.1) is 11.8 Å². The third-order valence-electron chi connectivity index (χ3n) is 3.04. The largest absolute Gasteiger partial charge is 0.285 e. The van der Waals surface area contributed by atoms with Gasteiger partial charge in [0.2, 0.25) is 0 Å². The number of nitrogens with one attached hydrogen (secondary N) is 1. The Hall–Kier alpha value is -1.88. The number of aromatic amines is 1. The quantitative estimate of drug-likeness (QED) is 0.805. The Morgan fingerprint density at radius 3 is 2.94 bits per heavy atom. The van der Waals surface area contributed by atoms with Crippen molar-refractivity contribution in [2.24, 2.45) is 0 Å². The molecule has 0 saturated carbocycles. The standard InChI is InChI=1S/C12H9ClFN3O/c13-17-4-3-7-1-2-9(14)10(11(7)12(17)18)8-5-15-16-6-8/h1-2,5-6H,3-4H2,(H,15,16). The molecule has 0 saturated heterocycles. The summed E-state index contributed by atoms with van der Waals surface area (Å²) in [6.45, 7) is 0.434. The lowest BCUT2D eigenvalue weighted by molar-refractivity contribution is 0.0852. The monoisotopic (exact) mass is 265 g/mol. The highest BCUT2D eigenvalue weighted by atomic mass is 35.5. The van der Waals surface area contributed by atoms with Crippen LogP contribution >= 0.6 is 11.8 Å². The number of aromatic nitrogens is 2. The molecule has 0 radical (unpaired) electrons. The van der Waals surface area contributed by atoms with Gasteiger partial charge in [-0.1, -0.05) is 6.07 Å². The van der Waals surface area contributed by atoms with E-state index in [1.165, 1.54) is 12.3 Å². The zero-order valence-corrected chi connectivity index (χ0v) is 10.0. The normalized spacial score (nSPS) is 14.8. The van der Waals surface area contributed by atoms with Crippen molar-refractivity contribution in [1.29, 1.82) is 0 Å². The number of fused-ring (bicyclic) bond motifs is 1.